The van der Waals surface area contributed by atoms with E-state index in [0.717, 1.165) is 19.6 Å². The summed E-state index contributed by atoms with van der Waals surface area (Å²) in [5.74, 6) is 0. The van der Waals surface area contributed by atoms with Crippen LogP contribution in [-0.2, 0) is 19.5 Å². The molecular formula is C18H28N2. The molecule has 0 radical (unpaired) electrons. The maximum Gasteiger partial charge on any atom is 0.0234 e. The molecule has 2 nitrogen and oxygen atoms in total. The molecule has 3 rings (SSSR count). The Labute approximate surface area is 123 Å². The third-order valence-electron chi connectivity index (χ3n) is 5.58. The Morgan fingerprint density at radius 3 is 2.80 bits per heavy atom. The molecule has 1 fully saturated rings. The monoisotopic (exact) mass is 272 g/mol. The number of hydrogen-bond acceptors (Lipinski definition) is 2. The van der Waals surface area contributed by atoms with E-state index in [-0.39, 0.29) is 0 Å². The van der Waals surface area contributed by atoms with E-state index in [0.29, 0.717) is 5.41 Å². The fraction of sp³-hybridized carbons (Fsp3) is 0.667. The third kappa shape index (κ3) is 2.77. The van der Waals surface area contributed by atoms with Gasteiger partial charge in [-0.15, -0.1) is 0 Å². The quantitative estimate of drug-likeness (QED) is 0.904. The highest BCUT2D eigenvalue weighted by atomic mass is 15.2. The van der Waals surface area contributed by atoms with Gasteiger partial charge in [0.25, 0.3) is 0 Å². The Balaban J connectivity index is 1.67. The molecule has 20 heavy (non-hydrogen) atoms. The van der Waals surface area contributed by atoms with Gasteiger partial charge in [-0.25, -0.2) is 0 Å². The zero-order valence-electron chi connectivity index (χ0n) is 13.0. The van der Waals surface area contributed by atoms with E-state index in [9.17, 15) is 0 Å². The molecule has 0 unspecified atom stereocenters. The average Bonchev–Trinajstić information content (AvgIpc) is 2.91. The van der Waals surface area contributed by atoms with E-state index in [1.165, 1.54) is 49.9 Å². The predicted octanol–water partition coefficient (Wildman–Crippen LogP) is 3.34. The van der Waals surface area contributed by atoms with Crippen LogP contribution in [0.3, 0.4) is 0 Å². The summed E-state index contributed by atoms with van der Waals surface area (Å²) in [6, 6.07) is 7.13. The van der Waals surface area contributed by atoms with E-state index >= 15 is 0 Å². The van der Waals surface area contributed by atoms with Gasteiger partial charge in [-0.2, -0.15) is 0 Å². The predicted molar refractivity (Wildman–Crippen MR) is 84.8 cm³/mol. The van der Waals surface area contributed by atoms with Crippen molar-refractivity contribution < 1.29 is 0 Å². The molecule has 1 aromatic rings. The molecule has 0 spiro atoms. The van der Waals surface area contributed by atoms with Crippen LogP contribution < -0.4 is 5.32 Å². The molecule has 2 heteroatoms. The minimum absolute atomic E-state index is 0.593. The van der Waals surface area contributed by atoms with Gasteiger partial charge >= 0.3 is 0 Å². The topological polar surface area (TPSA) is 15.3 Å². The lowest BCUT2D eigenvalue weighted by Crippen LogP contribution is -2.27. The number of benzene rings is 1. The molecule has 2 aliphatic heterocycles. The van der Waals surface area contributed by atoms with Gasteiger partial charge in [-0.05, 0) is 60.9 Å². The van der Waals surface area contributed by atoms with Gasteiger partial charge in [0.2, 0.25) is 0 Å². The summed E-state index contributed by atoms with van der Waals surface area (Å²) >= 11 is 0. The summed E-state index contributed by atoms with van der Waals surface area (Å²) in [7, 11) is 0. The zero-order chi connectivity index (χ0) is 14.0. The van der Waals surface area contributed by atoms with Gasteiger partial charge in [0.05, 0.1) is 0 Å². The fourth-order valence-electron chi connectivity index (χ4n) is 3.88. The molecule has 0 amide bonds. The Morgan fingerprint density at radius 2 is 2.05 bits per heavy atom. The van der Waals surface area contributed by atoms with Crippen LogP contribution >= 0.6 is 0 Å². The molecule has 2 aliphatic rings. The standard InChI is InChI=1S/C18H28N2/c1-3-18(4-2)8-10-20(14-18)13-15-5-6-16-7-9-19-12-17(16)11-15/h5-6,11,19H,3-4,7-10,12-14H2,1-2H3. The first-order valence-electron chi connectivity index (χ1n) is 8.28. The van der Waals surface area contributed by atoms with Gasteiger partial charge < -0.3 is 5.32 Å². The zero-order valence-corrected chi connectivity index (χ0v) is 13.0. The van der Waals surface area contributed by atoms with Crippen molar-refractivity contribution >= 4 is 0 Å². The van der Waals surface area contributed by atoms with Gasteiger partial charge in [-0.3, -0.25) is 4.90 Å². The highest BCUT2D eigenvalue weighted by molar-refractivity contribution is 5.33. The lowest BCUT2D eigenvalue weighted by Gasteiger charge is -2.26. The van der Waals surface area contributed by atoms with Crippen LogP contribution in [0, 0.1) is 5.41 Å². The Bertz CT molecular complexity index is 462. The van der Waals surface area contributed by atoms with Gasteiger partial charge in [0, 0.05) is 19.6 Å². The summed E-state index contributed by atoms with van der Waals surface area (Å²) in [5, 5.41) is 3.48. The highest BCUT2D eigenvalue weighted by Gasteiger charge is 2.34. The molecule has 0 bridgehead atoms. The Kier molecular flexibility index (Phi) is 4.13. The van der Waals surface area contributed by atoms with E-state index < -0.39 is 0 Å². The summed E-state index contributed by atoms with van der Waals surface area (Å²) in [6.45, 7) is 10.6. The Hall–Kier alpha value is -0.860. The second kappa shape index (κ2) is 5.87. The number of hydrogen-bond donors (Lipinski definition) is 1. The van der Waals surface area contributed by atoms with Crippen molar-refractivity contribution in [3.8, 4) is 0 Å². The second-order valence-corrected chi connectivity index (χ2v) is 6.70. The van der Waals surface area contributed by atoms with Crippen LogP contribution in [0.5, 0.6) is 0 Å². The molecule has 1 N–H and O–H groups in total. The van der Waals surface area contributed by atoms with Crippen molar-refractivity contribution in [2.45, 2.75) is 52.6 Å². The smallest absolute Gasteiger partial charge is 0.0234 e. The molecule has 0 atom stereocenters. The largest absolute Gasteiger partial charge is 0.312 e. The first-order chi connectivity index (χ1) is 9.74. The van der Waals surface area contributed by atoms with Crippen LogP contribution in [0.2, 0.25) is 0 Å². The van der Waals surface area contributed by atoms with Gasteiger partial charge in [0.1, 0.15) is 0 Å². The van der Waals surface area contributed by atoms with Gasteiger partial charge in [-0.1, -0.05) is 32.0 Å². The van der Waals surface area contributed by atoms with Crippen molar-refractivity contribution in [1.82, 2.24) is 10.2 Å². The SMILES string of the molecule is CCC1(CC)CCN(Cc2ccc3c(c2)CNCC3)C1. The maximum atomic E-state index is 3.48. The van der Waals surface area contributed by atoms with Crippen LogP contribution in [-0.4, -0.2) is 24.5 Å². The highest BCUT2D eigenvalue weighted by Crippen LogP contribution is 2.37. The molecule has 0 saturated carbocycles. The van der Waals surface area contributed by atoms with Gasteiger partial charge in [0.15, 0.2) is 0 Å². The van der Waals surface area contributed by atoms with Crippen molar-refractivity contribution in [1.29, 1.82) is 0 Å². The van der Waals surface area contributed by atoms with Crippen LogP contribution in [0.25, 0.3) is 0 Å². The molecule has 0 aromatic heterocycles. The molecular weight excluding hydrogens is 244 g/mol. The van der Waals surface area contributed by atoms with Crippen molar-refractivity contribution in [2.75, 3.05) is 19.6 Å². The van der Waals surface area contributed by atoms with Crippen LogP contribution in [0.15, 0.2) is 18.2 Å². The number of rotatable bonds is 4. The summed E-state index contributed by atoms with van der Waals surface area (Å²) in [4.78, 5) is 2.66. The number of fused-ring (bicyclic) bond motifs is 1. The van der Waals surface area contributed by atoms with Crippen LogP contribution in [0.4, 0.5) is 0 Å². The summed E-state index contributed by atoms with van der Waals surface area (Å²) in [5.41, 5.74) is 5.15. The van der Waals surface area contributed by atoms with E-state index in [2.05, 4.69) is 42.3 Å². The van der Waals surface area contributed by atoms with Crippen molar-refractivity contribution in [2.24, 2.45) is 5.41 Å². The lowest BCUT2D eigenvalue weighted by atomic mass is 9.82. The summed E-state index contributed by atoms with van der Waals surface area (Å²) in [6.07, 6.45) is 5.23. The number of likely N-dealkylation sites (tertiary alicyclic amines) is 1. The third-order valence-corrected chi connectivity index (χ3v) is 5.58. The average molecular weight is 272 g/mol. The van der Waals surface area contributed by atoms with Crippen molar-refractivity contribution in [3.63, 3.8) is 0 Å². The van der Waals surface area contributed by atoms with E-state index in [4.69, 9.17) is 0 Å². The molecule has 2 heterocycles. The van der Waals surface area contributed by atoms with Crippen molar-refractivity contribution in [3.05, 3.63) is 34.9 Å². The van der Waals surface area contributed by atoms with E-state index in [1.807, 2.05) is 0 Å². The number of nitrogens with one attached hydrogen (secondary N) is 1. The number of nitrogens with zero attached hydrogens (tertiary/aromatic N) is 1. The minimum Gasteiger partial charge on any atom is -0.312 e. The van der Waals surface area contributed by atoms with Crippen LogP contribution in [0.1, 0.15) is 49.8 Å². The molecule has 1 saturated heterocycles. The normalized spacial score (nSPS) is 21.9. The lowest BCUT2D eigenvalue weighted by molar-refractivity contribution is 0.236. The fourth-order valence-corrected chi connectivity index (χ4v) is 3.88. The first kappa shape index (κ1) is 14.1. The summed E-state index contributed by atoms with van der Waals surface area (Å²) < 4.78 is 0. The molecule has 1 aromatic carbocycles. The minimum atomic E-state index is 0.593. The molecule has 0 aliphatic carbocycles. The maximum absolute atomic E-state index is 3.48. The molecule has 110 valence electrons. The van der Waals surface area contributed by atoms with E-state index in [1.54, 1.807) is 5.56 Å². The second-order valence-electron chi connectivity index (χ2n) is 6.70. The Morgan fingerprint density at radius 1 is 1.20 bits per heavy atom. The first-order valence-corrected chi connectivity index (χ1v) is 8.28.